The van der Waals surface area contributed by atoms with Gasteiger partial charge in [-0.25, -0.2) is 4.79 Å². The number of imide groups is 1. The van der Waals surface area contributed by atoms with Gasteiger partial charge in [0.1, 0.15) is 16.8 Å². The van der Waals surface area contributed by atoms with Gasteiger partial charge in [0.25, 0.3) is 5.91 Å². The Balaban J connectivity index is 1.71. The lowest BCUT2D eigenvalue weighted by Crippen LogP contribution is -2.40. The van der Waals surface area contributed by atoms with Crippen molar-refractivity contribution in [2.24, 2.45) is 0 Å². The van der Waals surface area contributed by atoms with Crippen LogP contribution in [0.2, 0.25) is 0 Å². The number of halogens is 3. The summed E-state index contributed by atoms with van der Waals surface area (Å²) in [5.41, 5.74) is -0.256. The fraction of sp³-hybridized carbons (Fsp3) is 0.526. The van der Waals surface area contributed by atoms with Crippen LogP contribution in [0, 0.1) is 0 Å². The SMILES string of the molecule is CCCc1c(OCCCN2C(=O)NC(C)(C)C2=O)ccc2c(C(F)(F)F)onc12. The minimum absolute atomic E-state index is 0.102. The van der Waals surface area contributed by atoms with Gasteiger partial charge in [0, 0.05) is 12.1 Å². The van der Waals surface area contributed by atoms with Crippen LogP contribution in [0.25, 0.3) is 10.9 Å². The van der Waals surface area contributed by atoms with E-state index in [-0.39, 0.29) is 30.0 Å². The number of aromatic nitrogens is 1. The van der Waals surface area contributed by atoms with Gasteiger partial charge in [0.2, 0.25) is 5.76 Å². The first-order chi connectivity index (χ1) is 13.6. The second-order valence-electron chi connectivity index (χ2n) is 7.41. The Morgan fingerprint density at radius 2 is 2.00 bits per heavy atom. The number of urea groups is 1. The van der Waals surface area contributed by atoms with Crippen LogP contribution in [0.1, 0.15) is 44.9 Å². The third-order valence-corrected chi connectivity index (χ3v) is 4.70. The van der Waals surface area contributed by atoms with Crippen LogP contribution in [0.3, 0.4) is 0 Å². The maximum Gasteiger partial charge on any atom is 0.453 e. The van der Waals surface area contributed by atoms with Crippen LogP contribution in [-0.4, -0.2) is 40.7 Å². The maximum absolute atomic E-state index is 13.1. The fourth-order valence-corrected chi connectivity index (χ4v) is 3.30. The van der Waals surface area contributed by atoms with Crippen molar-refractivity contribution >= 4 is 22.8 Å². The fourth-order valence-electron chi connectivity index (χ4n) is 3.30. The number of benzene rings is 1. The van der Waals surface area contributed by atoms with Gasteiger partial charge in [-0.2, -0.15) is 13.2 Å². The molecule has 0 atom stereocenters. The van der Waals surface area contributed by atoms with Gasteiger partial charge in [0.15, 0.2) is 0 Å². The van der Waals surface area contributed by atoms with Crippen molar-refractivity contribution in [1.29, 1.82) is 0 Å². The molecule has 2 aromatic rings. The monoisotopic (exact) mass is 413 g/mol. The normalized spacial score (nSPS) is 16.6. The number of hydrogen-bond acceptors (Lipinski definition) is 5. The van der Waals surface area contributed by atoms with Crippen molar-refractivity contribution in [2.45, 2.75) is 51.7 Å². The zero-order valence-electron chi connectivity index (χ0n) is 16.4. The number of nitrogens with one attached hydrogen (secondary N) is 1. The summed E-state index contributed by atoms with van der Waals surface area (Å²) in [6.45, 7) is 5.52. The van der Waals surface area contributed by atoms with E-state index in [0.29, 0.717) is 30.6 Å². The predicted octanol–water partition coefficient (Wildman–Crippen LogP) is 3.90. The molecule has 158 valence electrons. The molecule has 1 N–H and O–H groups in total. The first-order valence-electron chi connectivity index (χ1n) is 9.31. The molecule has 1 fully saturated rings. The zero-order valence-corrected chi connectivity index (χ0v) is 16.4. The number of amides is 3. The molecule has 7 nitrogen and oxygen atoms in total. The number of carbonyl (C=O) groups excluding carboxylic acids is 2. The Kier molecular flexibility index (Phi) is 5.46. The molecule has 0 bridgehead atoms. The van der Waals surface area contributed by atoms with Crippen LogP contribution in [0.4, 0.5) is 18.0 Å². The Hall–Kier alpha value is -2.78. The molecule has 0 aliphatic carbocycles. The number of rotatable bonds is 7. The first-order valence-corrected chi connectivity index (χ1v) is 9.31. The highest BCUT2D eigenvalue weighted by Crippen LogP contribution is 2.38. The molecule has 3 rings (SSSR count). The average molecular weight is 413 g/mol. The number of ether oxygens (including phenoxy) is 1. The summed E-state index contributed by atoms with van der Waals surface area (Å²) in [6, 6.07) is 2.30. The predicted molar refractivity (Wildman–Crippen MR) is 97.4 cm³/mol. The molecule has 1 aromatic carbocycles. The smallest absolute Gasteiger partial charge is 0.453 e. The van der Waals surface area contributed by atoms with E-state index in [4.69, 9.17) is 4.74 Å². The molecule has 1 aliphatic heterocycles. The minimum atomic E-state index is -4.63. The van der Waals surface area contributed by atoms with E-state index in [1.807, 2.05) is 6.92 Å². The van der Waals surface area contributed by atoms with Crippen LogP contribution >= 0.6 is 0 Å². The Labute approximate surface area is 165 Å². The summed E-state index contributed by atoms with van der Waals surface area (Å²) >= 11 is 0. The molecule has 3 amide bonds. The van der Waals surface area contributed by atoms with Crippen molar-refractivity contribution in [1.82, 2.24) is 15.4 Å². The Bertz CT molecular complexity index is 937. The van der Waals surface area contributed by atoms with Gasteiger partial charge in [-0.3, -0.25) is 9.69 Å². The van der Waals surface area contributed by atoms with Crippen molar-refractivity contribution in [3.05, 3.63) is 23.5 Å². The molecule has 0 spiro atoms. The summed E-state index contributed by atoms with van der Waals surface area (Å²) in [5, 5.41) is 6.11. The molecule has 0 unspecified atom stereocenters. The standard InChI is InChI=1S/C19H22F3N3O4/c1-4-6-11-13(8-7-12-14(11)24-29-15(12)19(20,21)22)28-10-5-9-25-16(26)18(2,3)23-17(25)27/h7-8H,4-6,9-10H2,1-3H3,(H,23,27). The summed E-state index contributed by atoms with van der Waals surface area (Å²) < 4.78 is 49.4. The number of alkyl halides is 3. The molecule has 0 radical (unpaired) electrons. The quantitative estimate of drug-likeness (QED) is 0.550. The van der Waals surface area contributed by atoms with E-state index in [2.05, 4.69) is 15.0 Å². The lowest BCUT2D eigenvalue weighted by molar-refractivity contribution is -0.154. The van der Waals surface area contributed by atoms with Crippen LogP contribution in [0.5, 0.6) is 5.75 Å². The minimum Gasteiger partial charge on any atom is -0.493 e. The van der Waals surface area contributed by atoms with Gasteiger partial charge in [-0.1, -0.05) is 18.5 Å². The van der Waals surface area contributed by atoms with E-state index in [1.165, 1.54) is 12.1 Å². The number of fused-ring (bicyclic) bond motifs is 1. The van der Waals surface area contributed by atoms with Gasteiger partial charge < -0.3 is 14.6 Å². The van der Waals surface area contributed by atoms with Crippen LogP contribution in [0.15, 0.2) is 16.7 Å². The average Bonchev–Trinajstić information content (AvgIpc) is 3.14. The topological polar surface area (TPSA) is 84.7 Å². The molecule has 2 heterocycles. The Morgan fingerprint density at radius 1 is 1.28 bits per heavy atom. The van der Waals surface area contributed by atoms with Gasteiger partial charge in [-0.05, 0) is 38.8 Å². The second kappa shape index (κ2) is 7.57. The lowest BCUT2D eigenvalue weighted by atomic mass is 10.0. The summed E-state index contributed by atoms with van der Waals surface area (Å²) in [7, 11) is 0. The molecule has 29 heavy (non-hydrogen) atoms. The van der Waals surface area contributed by atoms with E-state index in [9.17, 15) is 22.8 Å². The molecule has 0 saturated carbocycles. The molecule has 10 heteroatoms. The third kappa shape index (κ3) is 4.01. The Morgan fingerprint density at radius 3 is 2.59 bits per heavy atom. The zero-order chi connectivity index (χ0) is 21.4. The van der Waals surface area contributed by atoms with Crippen molar-refractivity contribution < 1.29 is 32.0 Å². The van der Waals surface area contributed by atoms with Crippen molar-refractivity contribution in [3.8, 4) is 5.75 Å². The van der Waals surface area contributed by atoms with Gasteiger partial charge in [0.05, 0.1) is 12.0 Å². The number of carbonyl (C=O) groups is 2. The summed E-state index contributed by atoms with van der Waals surface area (Å²) in [5.74, 6) is -1.02. The third-order valence-electron chi connectivity index (χ3n) is 4.70. The van der Waals surface area contributed by atoms with Crippen LogP contribution < -0.4 is 10.1 Å². The lowest BCUT2D eigenvalue weighted by Gasteiger charge is -2.16. The maximum atomic E-state index is 13.1. The van der Waals surface area contributed by atoms with E-state index in [0.717, 1.165) is 4.90 Å². The van der Waals surface area contributed by atoms with Crippen molar-refractivity contribution in [2.75, 3.05) is 13.2 Å². The summed E-state index contributed by atoms with van der Waals surface area (Å²) in [6.07, 6.45) is -3.10. The second-order valence-corrected chi connectivity index (χ2v) is 7.41. The van der Waals surface area contributed by atoms with E-state index < -0.39 is 23.5 Å². The molecule has 1 saturated heterocycles. The number of nitrogens with zero attached hydrogens (tertiary/aromatic N) is 2. The van der Waals surface area contributed by atoms with Gasteiger partial charge >= 0.3 is 12.2 Å². The van der Waals surface area contributed by atoms with Crippen molar-refractivity contribution in [3.63, 3.8) is 0 Å². The van der Waals surface area contributed by atoms with Crippen LogP contribution in [-0.2, 0) is 17.4 Å². The highest BCUT2D eigenvalue weighted by atomic mass is 19.4. The number of hydrogen-bond donors (Lipinski definition) is 1. The molecular formula is C19H22F3N3O4. The van der Waals surface area contributed by atoms with E-state index in [1.54, 1.807) is 13.8 Å². The molecular weight excluding hydrogens is 391 g/mol. The molecule has 1 aliphatic rings. The van der Waals surface area contributed by atoms with E-state index >= 15 is 0 Å². The highest BCUT2D eigenvalue weighted by molar-refractivity contribution is 6.06. The van der Waals surface area contributed by atoms with Gasteiger partial charge in [-0.15, -0.1) is 0 Å². The summed E-state index contributed by atoms with van der Waals surface area (Å²) in [4.78, 5) is 25.2. The number of aryl methyl sites for hydroxylation is 1. The first kappa shape index (κ1) is 20.9. The largest absolute Gasteiger partial charge is 0.493 e. The molecule has 1 aromatic heterocycles. The highest BCUT2D eigenvalue weighted by Gasteiger charge is 2.43.